The number of aromatic nitrogens is 2. The number of nitrogens with zero attached hydrogens (tertiary/aromatic N) is 4. The van der Waals surface area contributed by atoms with Crippen LogP contribution >= 0.6 is 11.5 Å². The molecular formula is C11H18N4O2S. The summed E-state index contributed by atoms with van der Waals surface area (Å²) in [4.78, 5) is 9.15. The van der Waals surface area contributed by atoms with Crippen molar-refractivity contribution in [3.63, 3.8) is 0 Å². The van der Waals surface area contributed by atoms with Crippen LogP contribution < -0.4 is 4.90 Å². The summed E-state index contributed by atoms with van der Waals surface area (Å²) in [6.07, 6.45) is 0.304. The van der Waals surface area contributed by atoms with Gasteiger partial charge in [0.2, 0.25) is 5.13 Å². The molecule has 7 heteroatoms. The van der Waals surface area contributed by atoms with Gasteiger partial charge in [0.15, 0.2) is 5.82 Å². The number of rotatable bonds is 3. The minimum Gasteiger partial charge on any atom is -0.377 e. The zero-order chi connectivity index (χ0) is 12.5. The monoisotopic (exact) mass is 270 g/mol. The van der Waals surface area contributed by atoms with Gasteiger partial charge in [-0.05, 0) is 7.05 Å². The van der Waals surface area contributed by atoms with Crippen molar-refractivity contribution >= 4 is 16.7 Å². The second-order valence-corrected chi connectivity index (χ2v) is 5.52. The van der Waals surface area contributed by atoms with Crippen LogP contribution in [0.3, 0.4) is 0 Å². The molecule has 0 saturated carbocycles. The van der Waals surface area contributed by atoms with E-state index in [1.807, 2.05) is 0 Å². The van der Waals surface area contributed by atoms with Crippen LogP contribution in [0, 0.1) is 0 Å². The molecule has 2 unspecified atom stereocenters. The Kier molecular flexibility index (Phi) is 3.47. The fourth-order valence-electron chi connectivity index (χ4n) is 2.57. The molecular weight excluding hydrogens is 252 g/mol. The Labute approximate surface area is 111 Å². The van der Waals surface area contributed by atoms with E-state index in [1.54, 1.807) is 7.11 Å². The van der Waals surface area contributed by atoms with Crippen LogP contribution in [-0.4, -0.2) is 66.8 Å². The molecule has 0 aliphatic carbocycles. The summed E-state index contributed by atoms with van der Waals surface area (Å²) in [6, 6.07) is 0.480. The summed E-state index contributed by atoms with van der Waals surface area (Å²) < 4.78 is 15.2. The summed E-state index contributed by atoms with van der Waals surface area (Å²) in [5, 5.41) is 0.980. The first-order valence-corrected chi connectivity index (χ1v) is 6.93. The quantitative estimate of drug-likeness (QED) is 0.782. The Bertz CT molecular complexity index is 414. The lowest BCUT2D eigenvalue weighted by Gasteiger charge is -2.33. The standard InChI is InChI=1S/C11H18N4O2S/c1-14-3-4-17-9-6-15(5-8(9)14)11-12-10(7-16-2)13-18-11/h8-9H,3-7H2,1-2H3. The van der Waals surface area contributed by atoms with Crippen LogP contribution in [0.15, 0.2) is 0 Å². The first-order valence-electron chi connectivity index (χ1n) is 6.16. The molecule has 1 aromatic heterocycles. The lowest BCUT2D eigenvalue weighted by Crippen LogP contribution is -2.48. The van der Waals surface area contributed by atoms with Gasteiger partial charge in [0.05, 0.1) is 18.8 Å². The minimum absolute atomic E-state index is 0.304. The fourth-order valence-corrected chi connectivity index (χ4v) is 3.27. The summed E-state index contributed by atoms with van der Waals surface area (Å²) in [5.41, 5.74) is 0. The molecule has 2 fully saturated rings. The van der Waals surface area contributed by atoms with Crippen LogP contribution in [0.5, 0.6) is 0 Å². The first kappa shape index (κ1) is 12.3. The Morgan fingerprint density at radius 2 is 2.39 bits per heavy atom. The van der Waals surface area contributed by atoms with Crippen molar-refractivity contribution in [1.29, 1.82) is 0 Å². The first-order chi connectivity index (χ1) is 8.78. The van der Waals surface area contributed by atoms with E-state index in [1.165, 1.54) is 11.5 Å². The van der Waals surface area contributed by atoms with Crippen LogP contribution in [0.4, 0.5) is 5.13 Å². The van der Waals surface area contributed by atoms with Crippen LogP contribution in [0.2, 0.25) is 0 Å². The largest absolute Gasteiger partial charge is 0.377 e. The smallest absolute Gasteiger partial charge is 0.205 e. The molecule has 2 aliphatic heterocycles. The molecule has 6 nitrogen and oxygen atoms in total. The molecule has 0 bridgehead atoms. The zero-order valence-electron chi connectivity index (χ0n) is 10.7. The van der Waals surface area contributed by atoms with Gasteiger partial charge in [0.1, 0.15) is 6.61 Å². The van der Waals surface area contributed by atoms with Gasteiger partial charge in [0, 0.05) is 38.3 Å². The highest BCUT2D eigenvalue weighted by Crippen LogP contribution is 2.27. The van der Waals surface area contributed by atoms with Crippen molar-refractivity contribution in [3.8, 4) is 0 Å². The highest BCUT2D eigenvalue weighted by atomic mass is 32.1. The molecule has 0 spiro atoms. The minimum atomic E-state index is 0.304. The van der Waals surface area contributed by atoms with Gasteiger partial charge in [-0.15, -0.1) is 0 Å². The average molecular weight is 270 g/mol. The molecule has 3 rings (SSSR count). The second-order valence-electron chi connectivity index (χ2n) is 4.79. The summed E-state index contributed by atoms with van der Waals surface area (Å²) in [7, 11) is 3.83. The molecule has 18 heavy (non-hydrogen) atoms. The van der Waals surface area contributed by atoms with Crippen molar-refractivity contribution in [2.45, 2.75) is 18.8 Å². The summed E-state index contributed by atoms with van der Waals surface area (Å²) in [5.74, 6) is 0.765. The van der Waals surface area contributed by atoms with E-state index in [9.17, 15) is 0 Å². The number of fused-ring (bicyclic) bond motifs is 1. The van der Waals surface area contributed by atoms with Gasteiger partial charge in [-0.3, -0.25) is 4.90 Å². The highest BCUT2D eigenvalue weighted by molar-refractivity contribution is 7.09. The van der Waals surface area contributed by atoms with Gasteiger partial charge in [0.25, 0.3) is 0 Å². The van der Waals surface area contributed by atoms with Crippen molar-refractivity contribution in [2.24, 2.45) is 0 Å². The molecule has 0 N–H and O–H groups in total. The lowest BCUT2D eigenvalue weighted by molar-refractivity contribution is -0.0362. The third-order valence-electron chi connectivity index (χ3n) is 3.58. The SMILES string of the molecule is COCc1nsc(N2CC3OCCN(C)C3C2)n1. The predicted molar refractivity (Wildman–Crippen MR) is 69.0 cm³/mol. The predicted octanol–water partition coefficient (Wildman–Crippen LogP) is 0.204. The number of methoxy groups -OCH3 is 1. The number of morpholine rings is 1. The number of likely N-dealkylation sites (N-methyl/N-ethyl adjacent to an activating group) is 1. The third kappa shape index (κ3) is 2.23. The Hall–Kier alpha value is -0.760. The maximum absolute atomic E-state index is 5.83. The maximum Gasteiger partial charge on any atom is 0.205 e. The normalized spacial score (nSPS) is 28.7. The molecule has 0 radical (unpaired) electrons. The number of hydrogen-bond acceptors (Lipinski definition) is 7. The molecule has 2 aliphatic rings. The second kappa shape index (κ2) is 5.08. The molecule has 100 valence electrons. The van der Waals surface area contributed by atoms with E-state index in [2.05, 4.69) is 26.2 Å². The van der Waals surface area contributed by atoms with E-state index in [4.69, 9.17) is 9.47 Å². The zero-order valence-corrected chi connectivity index (χ0v) is 11.5. The van der Waals surface area contributed by atoms with Gasteiger partial charge >= 0.3 is 0 Å². The van der Waals surface area contributed by atoms with Gasteiger partial charge in [-0.25, -0.2) is 4.98 Å². The van der Waals surface area contributed by atoms with Gasteiger partial charge in [-0.1, -0.05) is 0 Å². The third-order valence-corrected chi connectivity index (χ3v) is 4.40. The number of ether oxygens (including phenoxy) is 2. The Balaban J connectivity index is 1.70. The number of hydrogen-bond donors (Lipinski definition) is 0. The fraction of sp³-hybridized carbons (Fsp3) is 0.818. The van der Waals surface area contributed by atoms with Crippen LogP contribution in [-0.2, 0) is 16.1 Å². The van der Waals surface area contributed by atoms with Gasteiger partial charge in [-0.2, -0.15) is 4.37 Å². The highest BCUT2D eigenvalue weighted by Gasteiger charge is 2.39. The van der Waals surface area contributed by atoms with Crippen molar-refractivity contribution in [2.75, 3.05) is 45.3 Å². The Morgan fingerprint density at radius 3 is 3.17 bits per heavy atom. The topological polar surface area (TPSA) is 50.7 Å². The molecule has 2 atom stereocenters. The maximum atomic E-state index is 5.83. The molecule has 3 heterocycles. The molecule has 1 aromatic rings. The summed E-state index contributed by atoms with van der Waals surface area (Å²) >= 11 is 1.44. The van der Waals surface area contributed by atoms with E-state index < -0.39 is 0 Å². The Morgan fingerprint density at radius 1 is 1.50 bits per heavy atom. The molecule has 2 saturated heterocycles. The van der Waals surface area contributed by atoms with E-state index in [0.29, 0.717) is 18.8 Å². The van der Waals surface area contributed by atoms with E-state index in [-0.39, 0.29) is 0 Å². The van der Waals surface area contributed by atoms with Crippen molar-refractivity contribution in [1.82, 2.24) is 14.3 Å². The van der Waals surface area contributed by atoms with E-state index >= 15 is 0 Å². The van der Waals surface area contributed by atoms with Crippen LogP contribution in [0.1, 0.15) is 5.82 Å². The van der Waals surface area contributed by atoms with Gasteiger partial charge < -0.3 is 14.4 Å². The van der Waals surface area contributed by atoms with Crippen molar-refractivity contribution in [3.05, 3.63) is 5.82 Å². The molecule has 0 amide bonds. The van der Waals surface area contributed by atoms with E-state index in [0.717, 1.165) is 37.2 Å². The lowest BCUT2D eigenvalue weighted by atomic mass is 10.1. The van der Waals surface area contributed by atoms with Crippen LogP contribution in [0.25, 0.3) is 0 Å². The van der Waals surface area contributed by atoms with Crippen molar-refractivity contribution < 1.29 is 9.47 Å². The molecule has 0 aromatic carbocycles. The average Bonchev–Trinajstić information content (AvgIpc) is 2.96. The summed E-state index contributed by atoms with van der Waals surface area (Å²) in [6.45, 7) is 4.21. The number of anilines is 1.